The van der Waals surface area contributed by atoms with E-state index in [9.17, 15) is 14.4 Å². The molecule has 45 heavy (non-hydrogen) atoms. The van der Waals surface area contributed by atoms with Crippen molar-refractivity contribution in [3.8, 4) is 5.75 Å². The van der Waals surface area contributed by atoms with E-state index in [0.29, 0.717) is 43.9 Å². The van der Waals surface area contributed by atoms with Crippen molar-refractivity contribution in [3.63, 3.8) is 0 Å². The second-order valence-corrected chi connectivity index (χ2v) is 12.2. The van der Waals surface area contributed by atoms with E-state index < -0.39 is 6.17 Å². The number of aromatic nitrogens is 1. The zero-order valence-corrected chi connectivity index (χ0v) is 27.9. The molecular weight excluding hydrogens is 566 g/mol. The van der Waals surface area contributed by atoms with Gasteiger partial charge in [0, 0.05) is 44.0 Å². The molecule has 0 fully saturated rings. The smallest absolute Gasteiger partial charge is 0.263 e. The first-order valence-corrected chi connectivity index (χ1v) is 17.1. The standard InChI is InChI=1S/C36H57N5O4/c1-4-5-6-7-8-9-10-11-12-13-25-38-33(42)17-15-26-45-32-21-19-31(20-22-32)40-35(36(44)39-27-29(2)3)41-34(43)23-18-30-16-14-24-37-28-30/h14,16,19-22,24,28-29,35,40H,4-13,15,17-18,23,25-27H2,1-3H3,(H,38,42)(H,39,44)(H,41,43). The van der Waals surface area contributed by atoms with Crippen LogP contribution >= 0.6 is 0 Å². The highest BCUT2D eigenvalue weighted by molar-refractivity contribution is 5.89. The summed E-state index contributed by atoms with van der Waals surface area (Å²) >= 11 is 0. The lowest BCUT2D eigenvalue weighted by Gasteiger charge is -2.21. The van der Waals surface area contributed by atoms with E-state index in [1.54, 1.807) is 36.7 Å². The number of ether oxygens (including phenoxy) is 1. The van der Waals surface area contributed by atoms with Gasteiger partial charge in [0.1, 0.15) is 5.75 Å². The average molecular weight is 624 g/mol. The number of rotatable bonds is 25. The van der Waals surface area contributed by atoms with Crippen molar-refractivity contribution >= 4 is 23.4 Å². The Kier molecular flexibility index (Phi) is 19.8. The molecule has 0 spiro atoms. The molecule has 0 aliphatic carbocycles. The third-order valence-electron chi connectivity index (χ3n) is 7.45. The summed E-state index contributed by atoms with van der Waals surface area (Å²) in [6.45, 7) is 7.96. The maximum absolute atomic E-state index is 12.9. The number of carbonyl (C=O) groups is 3. The molecule has 9 heteroatoms. The molecule has 1 heterocycles. The summed E-state index contributed by atoms with van der Waals surface area (Å²) in [4.78, 5) is 41.8. The summed E-state index contributed by atoms with van der Waals surface area (Å²) in [7, 11) is 0. The number of amides is 3. The fourth-order valence-electron chi connectivity index (χ4n) is 4.78. The zero-order valence-electron chi connectivity index (χ0n) is 27.9. The lowest BCUT2D eigenvalue weighted by atomic mass is 10.1. The van der Waals surface area contributed by atoms with Gasteiger partial charge in [-0.3, -0.25) is 19.4 Å². The molecule has 2 rings (SSSR count). The topological polar surface area (TPSA) is 121 Å². The third kappa shape index (κ3) is 18.7. The number of aryl methyl sites for hydroxylation is 1. The van der Waals surface area contributed by atoms with Crippen LogP contribution in [0.3, 0.4) is 0 Å². The SMILES string of the molecule is CCCCCCCCCCCCNC(=O)CCCOc1ccc(NC(NC(=O)CCc2cccnc2)C(=O)NCC(C)C)cc1. The van der Waals surface area contributed by atoms with Crippen molar-refractivity contribution in [1.29, 1.82) is 0 Å². The van der Waals surface area contributed by atoms with Gasteiger partial charge in [0.05, 0.1) is 6.61 Å². The van der Waals surface area contributed by atoms with Gasteiger partial charge in [0.2, 0.25) is 11.8 Å². The first kappa shape index (κ1) is 37.6. The molecule has 0 aliphatic rings. The molecule has 0 bridgehead atoms. The Morgan fingerprint density at radius 1 is 0.800 bits per heavy atom. The first-order chi connectivity index (χ1) is 21.9. The molecule has 2 aromatic rings. The highest BCUT2D eigenvalue weighted by Crippen LogP contribution is 2.17. The molecule has 0 saturated heterocycles. The molecule has 3 amide bonds. The molecule has 4 N–H and O–H groups in total. The fraction of sp³-hybridized carbons (Fsp3) is 0.611. The molecular formula is C36H57N5O4. The van der Waals surface area contributed by atoms with E-state index in [4.69, 9.17) is 4.74 Å². The lowest BCUT2D eigenvalue weighted by molar-refractivity contribution is -0.128. The lowest BCUT2D eigenvalue weighted by Crippen LogP contribution is -2.52. The van der Waals surface area contributed by atoms with Gasteiger partial charge in [-0.05, 0) is 61.1 Å². The number of unbranched alkanes of at least 4 members (excludes halogenated alkanes) is 9. The fourth-order valence-corrected chi connectivity index (χ4v) is 4.78. The van der Waals surface area contributed by atoms with Crippen molar-refractivity contribution in [2.45, 2.75) is 117 Å². The number of benzene rings is 1. The average Bonchev–Trinajstić information content (AvgIpc) is 3.04. The summed E-state index contributed by atoms with van der Waals surface area (Å²) < 4.78 is 5.82. The minimum atomic E-state index is -0.921. The molecule has 0 aliphatic heterocycles. The van der Waals surface area contributed by atoms with Crippen LogP contribution in [0.1, 0.15) is 110 Å². The van der Waals surface area contributed by atoms with Gasteiger partial charge in [-0.15, -0.1) is 0 Å². The number of nitrogens with zero attached hydrogens (tertiary/aromatic N) is 1. The number of carbonyl (C=O) groups excluding carboxylic acids is 3. The van der Waals surface area contributed by atoms with E-state index in [2.05, 4.69) is 33.2 Å². The van der Waals surface area contributed by atoms with Crippen LogP contribution in [0.15, 0.2) is 48.8 Å². The number of hydrogen-bond acceptors (Lipinski definition) is 6. The Bertz CT molecular complexity index is 1080. The van der Waals surface area contributed by atoms with Crippen molar-refractivity contribution < 1.29 is 19.1 Å². The maximum Gasteiger partial charge on any atom is 0.263 e. The van der Waals surface area contributed by atoms with E-state index in [1.807, 2.05) is 26.0 Å². The molecule has 0 radical (unpaired) electrons. The van der Waals surface area contributed by atoms with E-state index in [0.717, 1.165) is 18.5 Å². The van der Waals surface area contributed by atoms with Crippen molar-refractivity contribution in [2.75, 3.05) is 25.0 Å². The number of hydrogen-bond donors (Lipinski definition) is 4. The first-order valence-electron chi connectivity index (χ1n) is 17.1. The zero-order chi connectivity index (χ0) is 32.5. The van der Waals surface area contributed by atoms with Crippen LogP contribution in [-0.4, -0.2) is 48.6 Å². The van der Waals surface area contributed by atoms with Gasteiger partial charge in [-0.2, -0.15) is 0 Å². The van der Waals surface area contributed by atoms with Gasteiger partial charge in [-0.25, -0.2) is 0 Å². The van der Waals surface area contributed by atoms with Crippen molar-refractivity contribution in [2.24, 2.45) is 5.92 Å². The van der Waals surface area contributed by atoms with E-state index in [-0.39, 0.29) is 30.1 Å². The predicted molar refractivity (Wildman–Crippen MR) is 182 cm³/mol. The number of nitrogens with one attached hydrogen (secondary N) is 4. The normalized spacial score (nSPS) is 11.6. The van der Waals surface area contributed by atoms with E-state index >= 15 is 0 Å². The third-order valence-corrected chi connectivity index (χ3v) is 7.45. The summed E-state index contributed by atoms with van der Waals surface area (Å²) in [6.07, 6.45) is 17.2. The van der Waals surface area contributed by atoms with Gasteiger partial charge in [-0.1, -0.05) is 84.6 Å². The summed E-state index contributed by atoms with van der Waals surface area (Å²) in [5.41, 5.74) is 1.63. The maximum atomic E-state index is 12.9. The van der Waals surface area contributed by atoms with Crippen LogP contribution in [0.4, 0.5) is 5.69 Å². The summed E-state index contributed by atoms with van der Waals surface area (Å²) in [5.74, 6) is 0.489. The van der Waals surface area contributed by atoms with Crippen LogP contribution in [0.25, 0.3) is 0 Å². The Hall–Kier alpha value is -3.62. The molecule has 9 nitrogen and oxygen atoms in total. The Balaban J connectivity index is 1.65. The minimum Gasteiger partial charge on any atom is -0.494 e. The Morgan fingerprint density at radius 3 is 2.13 bits per heavy atom. The molecule has 1 unspecified atom stereocenters. The highest BCUT2D eigenvalue weighted by atomic mass is 16.5. The molecule has 1 atom stereocenters. The second kappa shape index (κ2) is 23.7. The molecule has 1 aromatic heterocycles. The number of anilines is 1. The highest BCUT2D eigenvalue weighted by Gasteiger charge is 2.21. The van der Waals surface area contributed by atoms with Crippen LogP contribution < -0.4 is 26.0 Å². The van der Waals surface area contributed by atoms with Gasteiger partial charge >= 0.3 is 0 Å². The van der Waals surface area contributed by atoms with E-state index in [1.165, 1.54) is 57.8 Å². The predicted octanol–water partition coefficient (Wildman–Crippen LogP) is 6.54. The summed E-state index contributed by atoms with van der Waals surface area (Å²) in [5, 5.41) is 11.8. The van der Waals surface area contributed by atoms with Crippen LogP contribution in [-0.2, 0) is 20.8 Å². The summed E-state index contributed by atoms with van der Waals surface area (Å²) in [6, 6.07) is 11.0. The number of pyridine rings is 1. The Labute approximate surface area is 271 Å². The largest absolute Gasteiger partial charge is 0.494 e. The minimum absolute atomic E-state index is 0.0679. The monoisotopic (exact) mass is 623 g/mol. The second-order valence-electron chi connectivity index (χ2n) is 12.2. The van der Waals surface area contributed by atoms with Crippen LogP contribution in [0, 0.1) is 5.92 Å². The molecule has 250 valence electrons. The van der Waals surface area contributed by atoms with Gasteiger partial charge in [0.25, 0.3) is 5.91 Å². The van der Waals surface area contributed by atoms with Crippen LogP contribution in [0.2, 0.25) is 0 Å². The van der Waals surface area contributed by atoms with Gasteiger partial charge in [0.15, 0.2) is 6.17 Å². The quantitative estimate of drug-likeness (QED) is 0.0737. The molecule has 1 aromatic carbocycles. The van der Waals surface area contributed by atoms with Crippen molar-refractivity contribution in [1.82, 2.24) is 20.9 Å². The molecule has 0 saturated carbocycles. The van der Waals surface area contributed by atoms with Crippen molar-refractivity contribution in [3.05, 3.63) is 54.4 Å². The van der Waals surface area contributed by atoms with Crippen LogP contribution in [0.5, 0.6) is 5.75 Å². The van der Waals surface area contributed by atoms with Gasteiger partial charge < -0.3 is 26.0 Å². The Morgan fingerprint density at radius 2 is 1.49 bits per heavy atom.